The van der Waals surface area contributed by atoms with E-state index in [1.165, 1.54) is 0 Å². The highest BCUT2D eigenvalue weighted by Crippen LogP contribution is 2.25. The van der Waals surface area contributed by atoms with E-state index in [4.69, 9.17) is 0 Å². The normalized spacial score (nSPS) is 22.0. The lowest BCUT2D eigenvalue weighted by atomic mass is 10.1. The second-order valence-electron chi connectivity index (χ2n) is 4.56. The van der Waals surface area contributed by atoms with Gasteiger partial charge in [0.1, 0.15) is 0 Å². The summed E-state index contributed by atoms with van der Waals surface area (Å²) in [6.45, 7) is 0. The highest BCUT2D eigenvalue weighted by atomic mass is 79.9. The Morgan fingerprint density at radius 3 is 2.68 bits per heavy atom. The van der Waals surface area contributed by atoms with Gasteiger partial charge in [-0.25, -0.2) is 0 Å². The highest BCUT2D eigenvalue weighted by Gasteiger charge is 2.31. The predicted octanol–water partition coefficient (Wildman–Crippen LogP) is 1.37. The lowest BCUT2D eigenvalue weighted by Gasteiger charge is -2.14. The summed E-state index contributed by atoms with van der Waals surface area (Å²) in [6.07, 6.45) is 1.51. The summed E-state index contributed by atoms with van der Waals surface area (Å²) in [5.74, 6) is -1.15. The summed E-state index contributed by atoms with van der Waals surface area (Å²) in [5, 5.41) is 9.60. The highest BCUT2D eigenvalue weighted by molar-refractivity contribution is 9.10. The van der Waals surface area contributed by atoms with E-state index in [0.29, 0.717) is 18.4 Å². The van der Waals surface area contributed by atoms with Crippen LogP contribution in [0.3, 0.4) is 0 Å². The molecule has 1 aliphatic rings. The van der Waals surface area contributed by atoms with Crippen molar-refractivity contribution >= 4 is 27.7 Å². The zero-order chi connectivity index (χ0) is 13.8. The Balaban J connectivity index is 1.88. The minimum absolute atomic E-state index is 0.339. The van der Waals surface area contributed by atoms with Gasteiger partial charge in [-0.15, -0.1) is 0 Å². The molecule has 0 radical (unpaired) electrons. The van der Waals surface area contributed by atoms with Crippen LogP contribution in [0, 0.1) is 5.92 Å². The summed E-state index contributed by atoms with van der Waals surface area (Å²) in [7, 11) is 0. The van der Waals surface area contributed by atoms with E-state index in [0.717, 1.165) is 10.9 Å². The van der Waals surface area contributed by atoms with Crippen molar-refractivity contribution in [2.45, 2.75) is 25.4 Å². The number of aliphatic hydroxyl groups excluding tert-OH is 1. The maximum Gasteiger partial charge on any atom is 0.269 e. The minimum atomic E-state index is -0.609. The maximum atomic E-state index is 11.8. The molecule has 0 spiro atoms. The van der Waals surface area contributed by atoms with Crippen LogP contribution in [0.1, 0.15) is 29.6 Å². The lowest BCUT2D eigenvalue weighted by molar-refractivity contribution is -0.128. The van der Waals surface area contributed by atoms with Crippen molar-refractivity contribution in [3.8, 4) is 0 Å². The lowest BCUT2D eigenvalue weighted by Crippen LogP contribution is -2.46. The van der Waals surface area contributed by atoms with Crippen LogP contribution in [0.2, 0.25) is 0 Å². The zero-order valence-corrected chi connectivity index (χ0v) is 11.8. The number of aliphatic hydroxyl groups is 1. The number of rotatable bonds is 2. The molecule has 0 heterocycles. The van der Waals surface area contributed by atoms with Gasteiger partial charge in [-0.05, 0) is 37.5 Å². The second kappa shape index (κ2) is 6.16. The molecule has 1 aromatic carbocycles. The fraction of sp³-hybridized carbons (Fsp3) is 0.385. The van der Waals surface area contributed by atoms with E-state index in [1.54, 1.807) is 18.2 Å². The number of carbonyl (C=O) groups is 2. The number of nitrogens with one attached hydrogen (secondary N) is 2. The number of carbonyl (C=O) groups excluding carboxylic acids is 2. The van der Waals surface area contributed by atoms with Gasteiger partial charge in [0, 0.05) is 10.0 Å². The molecule has 2 atom stereocenters. The first-order valence-electron chi connectivity index (χ1n) is 6.12. The third kappa shape index (κ3) is 3.54. The SMILES string of the molecule is O=C(NNC(=O)C1CCCC1O)c1cccc(Br)c1. The molecule has 6 heteroatoms. The molecule has 102 valence electrons. The Kier molecular flexibility index (Phi) is 4.55. The fourth-order valence-electron chi connectivity index (χ4n) is 2.16. The van der Waals surface area contributed by atoms with Gasteiger partial charge in [-0.1, -0.05) is 22.0 Å². The van der Waals surface area contributed by atoms with Gasteiger partial charge in [0.05, 0.1) is 12.0 Å². The van der Waals surface area contributed by atoms with Crippen LogP contribution >= 0.6 is 15.9 Å². The predicted molar refractivity (Wildman–Crippen MR) is 73.1 cm³/mol. The van der Waals surface area contributed by atoms with E-state index < -0.39 is 12.0 Å². The first kappa shape index (κ1) is 14.0. The van der Waals surface area contributed by atoms with Crippen LogP contribution in [0.5, 0.6) is 0 Å². The number of benzene rings is 1. The van der Waals surface area contributed by atoms with Crippen LogP contribution in [0.15, 0.2) is 28.7 Å². The van der Waals surface area contributed by atoms with Crippen molar-refractivity contribution in [1.82, 2.24) is 10.9 Å². The zero-order valence-electron chi connectivity index (χ0n) is 10.2. The van der Waals surface area contributed by atoms with Crippen LogP contribution < -0.4 is 10.9 Å². The number of hydrogen-bond acceptors (Lipinski definition) is 3. The molecule has 1 aliphatic carbocycles. The maximum absolute atomic E-state index is 11.8. The molecule has 1 fully saturated rings. The monoisotopic (exact) mass is 326 g/mol. The Bertz CT molecular complexity index is 493. The minimum Gasteiger partial charge on any atom is -0.392 e. The average molecular weight is 327 g/mol. The fourth-order valence-corrected chi connectivity index (χ4v) is 2.56. The topological polar surface area (TPSA) is 78.4 Å². The second-order valence-corrected chi connectivity index (χ2v) is 5.47. The van der Waals surface area contributed by atoms with Crippen LogP contribution in [-0.2, 0) is 4.79 Å². The van der Waals surface area contributed by atoms with Crippen molar-refractivity contribution in [3.05, 3.63) is 34.3 Å². The Labute approximate surface area is 119 Å². The first-order valence-corrected chi connectivity index (χ1v) is 6.91. The largest absolute Gasteiger partial charge is 0.392 e. The Morgan fingerprint density at radius 2 is 2.05 bits per heavy atom. The Hall–Kier alpha value is -1.40. The van der Waals surface area contributed by atoms with Gasteiger partial charge in [0.15, 0.2) is 0 Å². The third-order valence-corrected chi connectivity index (χ3v) is 3.70. The summed E-state index contributed by atoms with van der Waals surface area (Å²) >= 11 is 3.27. The van der Waals surface area contributed by atoms with Crippen LogP contribution in [0.25, 0.3) is 0 Å². The summed E-state index contributed by atoms with van der Waals surface area (Å²) in [4.78, 5) is 23.6. The molecule has 19 heavy (non-hydrogen) atoms. The van der Waals surface area contributed by atoms with Gasteiger partial charge in [-0.3, -0.25) is 20.4 Å². The van der Waals surface area contributed by atoms with Crippen molar-refractivity contribution in [2.75, 3.05) is 0 Å². The number of hydrogen-bond donors (Lipinski definition) is 3. The average Bonchev–Trinajstić information content (AvgIpc) is 2.82. The molecule has 2 unspecified atom stereocenters. The summed E-state index contributed by atoms with van der Waals surface area (Å²) in [5.41, 5.74) is 5.16. The molecule has 3 N–H and O–H groups in total. The van der Waals surface area contributed by atoms with E-state index in [-0.39, 0.29) is 11.8 Å². The third-order valence-electron chi connectivity index (χ3n) is 3.20. The molecule has 5 nitrogen and oxygen atoms in total. The van der Waals surface area contributed by atoms with Gasteiger partial charge < -0.3 is 5.11 Å². The molecule has 2 amide bonds. The summed E-state index contributed by atoms with van der Waals surface area (Å²) in [6, 6.07) is 6.86. The van der Waals surface area contributed by atoms with E-state index in [1.807, 2.05) is 6.07 Å². The molecule has 0 aromatic heterocycles. The molecule has 0 bridgehead atoms. The number of hydrazine groups is 1. The van der Waals surface area contributed by atoms with Crippen LogP contribution in [0.4, 0.5) is 0 Å². The molecular formula is C13H15BrN2O3. The first-order chi connectivity index (χ1) is 9.08. The molecule has 0 aliphatic heterocycles. The molecule has 1 aromatic rings. The van der Waals surface area contributed by atoms with E-state index in [2.05, 4.69) is 26.8 Å². The van der Waals surface area contributed by atoms with Gasteiger partial charge >= 0.3 is 0 Å². The van der Waals surface area contributed by atoms with Gasteiger partial charge in [0.2, 0.25) is 5.91 Å². The molecule has 1 saturated carbocycles. The van der Waals surface area contributed by atoms with Crippen molar-refractivity contribution in [2.24, 2.45) is 5.92 Å². The quantitative estimate of drug-likeness (QED) is 0.718. The molecular weight excluding hydrogens is 312 g/mol. The van der Waals surface area contributed by atoms with E-state index >= 15 is 0 Å². The smallest absolute Gasteiger partial charge is 0.269 e. The van der Waals surface area contributed by atoms with Crippen molar-refractivity contribution in [3.63, 3.8) is 0 Å². The standard InChI is InChI=1S/C13H15BrN2O3/c14-9-4-1-3-8(7-9)12(18)15-16-13(19)10-5-2-6-11(10)17/h1,3-4,7,10-11,17H,2,5-6H2,(H,15,18)(H,16,19). The Morgan fingerprint density at radius 1 is 1.26 bits per heavy atom. The van der Waals surface area contributed by atoms with Crippen LogP contribution in [-0.4, -0.2) is 23.0 Å². The van der Waals surface area contributed by atoms with Crippen molar-refractivity contribution in [1.29, 1.82) is 0 Å². The molecule has 2 rings (SSSR count). The van der Waals surface area contributed by atoms with Crippen molar-refractivity contribution < 1.29 is 14.7 Å². The molecule has 0 saturated heterocycles. The number of amides is 2. The van der Waals surface area contributed by atoms with Gasteiger partial charge in [0.25, 0.3) is 5.91 Å². The summed E-state index contributed by atoms with van der Waals surface area (Å²) < 4.78 is 0.790. The number of halogens is 1. The van der Waals surface area contributed by atoms with E-state index in [9.17, 15) is 14.7 Å². The van der Waals surface area contributed by atoms with Gasteiger partial charge in [-0.2, -0.15) is 0 Å².